The maximum atomic E-state index is 12.7. The maximum Gasteiger partial charge on any atom is 0.328 e. The van der Waals surface area contributed by atoms with Crippen LogP contribution in [0.5, 0.6) is 0 Å². The van der Waals surface area contributed by atoms with Crippen molar-refractivity contribution in [2.24, 2.45) is 11.8 Å². The Morgan fingerprint density at radius 3 is 2.21 bits per heavy atom. The van der Waals surface area contributed by atoms with Crippen molar-refractivity contribution in [2.75, 3.05) is 32.3 Å². The number of carbonyl (C=O) groups is 4. The van der Waals surface area contributed by atoms with E-state index in [4.69, 9.17) is 14.2 Å². The van der Waals surface area contributed by atoms with E-state index >= 15 is 0 Å². The molecule has 1 aliphatic heterocycles. The van der Waals surface area contributed by atoms with Gasteiger partial charge in [-0.05, 0) is 25.4 Å². The van der Waals surface area contributed by atoms with Crippen LogP contribution in [0.3, 0.4) is 0 Å². The molecule has 0 saturated heterocycles. The zero-order valence-corrected chi connectivity index (χ0v) is 21.5. The lowest BCUT2D eigenvalue weighted by Crippen LogP contribution is -2.43. The third kappa shape index (κ3) is 11.7. The van der Waals surface area contributed by atoms with Gasteiger partial charge in [0, 0.05) is 31.8 Å². The topological polar surface area (TPSA) is 120 Å². The Kier molecular flexibility index (Phi) is 14.3. The molecular formula is C24H38N2O7S. The molecule has 1 rings (SSSR count). The molecule has 10 heteroatoms. The highest BCUT2D eigenvalue weighted by molar-refractivity contribution is 7.98. The van der Waals surface area contributed by atoms with Crippen molar-refractivity contribution in [1.29, 1.82) is 0 Å². The average Bonchev–Trinajstić information content (AvgIpc) is 2.79. The first-order valence-electron chi connectivity index (χ1n) is 11.4. The van der Waals surface area contributed by atoms with Gasteiger partial charge in [0.05, 0.1) is 12.7 Å². The van der Waals surface area contributed by atoms with E-state index in [-0.39, 0.29) is 49.7 Å². The number of esters is 2. The zero-order valence-electron chi connectivity index (χ0n) is 20.7. The molecule has 192 valence electrons. The van der Waals surface area contributed by atoms with Crippen LogP contribution < -0.4 is 10.6 Å². The molecule has 2 amide bonds. The average molecular weight is 499 g/mol. The van der Waals surface area contributed by atoms with Crippen LogP contribution in [0.4, 0.5) is 0 Å². The number of thioether (sulfide) groups is 1. The van der Waals surface area contributed by atoms with Gasteiger partial charge in [-0.15, -0.1) is 0 Å². The van der Waals surface area contributed by atoms with Crippen LogP contribution in [-0.2, 0) is 33.4 Å². The zero-order chi connectivity index (χ0) is 25.5. The molecular weight excluding hydrogens is 460 g/mol. The quantitative estimate of drug-likeness (QED) is 0.446. The molecule has 34 heavy (non-hydrogen) atoms. The second-order valence-corrected chi connectivity index (χ2v) is 9.31. The Hall–Kier alpha value is -2.33. The molecule has 0 aromatic heterocycles. The van der Waals surface area contributed by atoms with Gasteiger partial charge in [0.15, 0.2) is 0 Å². The molecule has 2 N–H and O–H groups in total. The van der Waals surface area contributed by atoms with Gasteiger partial charge >= 0.3 is 11.9 Å². The van der Waals surface area contributed by atoms with E-state index in [0.29, 0.717) is 12.2 Å². The number of rotatable bonds is 4. The summed E-state index contributed by atoms with van der Waals surface area (Å²) in [5, 5.41) is 5.36. The van der Waals surface area contributed by atoms with Crippen molar-refractivity contribution in [2.45, 2.75) is 58.2 Å². The number of methoxy groups -OCH3 is 1. The summed E-state index contributed by atoms with van der Waals surface area (Å²) < 4.78 is 16.2. The summed E-state index contributed by atoms with van der Waals surface area (Å²) in [5.74, 6) is -1.23. The lowest BCUT2D eigenvalue weighted by Gasteiger charge is -2.22. The standard InChI is InChI=1S/C24H38N2O7S/c1-16-8-6-10-22(28)26-19(12-13-34-5)24(30)33-15-20(31-4)17(2)9-7-11-21(27)25-18(3)23(29)32-14-16/h6-9,16-20H,10-15H2,1-5H3,(H,25,27)(H,26,28)/t16-,17-,18+,19+,20-/m1/s1. The van der Waals surface area contributed by atoms with Crippen molar-refractivity contribution in [3.63, 3.8) is 0 Å². The van der Waals surface area contributed by atoms with Gasteiger partial charge in [-0.2, -0.15) is 11.8 Å². The van der Waals surface area contributed by atoms with Crippen molar-refractivity contribution >= 4 is 35.5 Å². The highest BCUT2D eigenvalue weighted by atomic mass is 32.2. The summed E-state index contributed by atoms with van der Waals surface area (Å²) in [6.45, 7) is 5.42. The van der Waals surface area contributed by atoms with E-state index < -0.39 is 30.1 Å². The Morgan fingerprint density at radius 2 is 1.56 bits per heavy atom. The molecule has 1 aliphatic rings. The van der Waals surface area contributed by atoms with Gasteiger partial charge in [-0.25, -0.2) is 9.59 Å². The summed E-state index contributed by atoms with van der Waals surface area (Å²) in [7, 11) is 1.52. The van der Waals surface area contributed by atoms with Crippen LogP contribution in [0.1, 0.15) is 40.0 Å². The number of cyclic esters (lactones) is 2. The molecule has 0 radical (unpaired) electrons. The third-order valence-electron chi connectivity index (χ3n) is 5.24. The largest absolute Gasteiger partial charge is 0.464 e. The molecule has 0 aromatic rings. The summed E-state index contributed by atoms with van der Waals surface area (Å²) in [5.41, 5.74) is 0. The summed E-state index contributed by atoms with van der Waals surface area (Å²) in [6, 6.07) is -1.53. The Bertz CT molecular complexity index is 741. The summed E-state index contributed by atoms with van der Waals surface area (Å²) in [6.07, 6.45) is 9.03. The van der Waals surface area contributed by atoms with Gasteiger partial charge in [-0.1, -0.05) is 38.2 Å². The fourth-order valence-electron chi connectivity index (χ4n) is 3.11. The second kappa shape index (κ2) is 16.3. The molecule has 1 heterocycles. The SMILES string of the molecule is CO[C@@H]1COC(=O)[C@H](CCSC)NC(=O)CC=C[C@@H](C)COC(=O)[C@H](C)NC(=O)CC=C[C@H]1C. The van der Waals surface area contributed by atoms with Crippen molar-refractivity contribution in [3.8, 4) is 0 Å². The molecule has 0 saturated carbocycles. The molecule has 0 unspecified atom stereocenters. The fourth-order valence-corrected chi connectivity index (χ4v) is 3.58. The first-order chi connectivity index (χ1) is 16.2. The van der Waals surface area contributed by atoms with Crippen LogP contribution >= 0.6 is 11.8 Å². The predicted molar refractivity (Wildman–Crippen MR) is 131 cm³/mol. The molecule has 0 spiro atoms. The number of hydrogen-bond donors (Lipinski definition) is 2. The predicted octanol–water partition coefficient (Wildman–Crippen LogP) is 2.01. The van der Waals surface area contributed by atoms with Gasteiger partial charge in [-0.3, -0.25) is 9.59 Å². The molecule has 0 aliphatic carbocycles. The molecule has 0 fully saturated rings. The van der Waals surface area contributed by atoms with E-state index in [1.54, 1.807) is 43.0 Å². The number of ether oxygens (including phenoxy) is 3. The molecule has 9 nitrogen and oxygen atoms in total. The summed E-state index contributed by atoms with van der Waals surface area (Å²) >= 11 is 1.57. The molecule has 0 bridgehead atoms. The highest BCUT2D eigenvalue weighted by Gasteiger charge is 2.24. The van der Waals surface area contributed by atoms with E-state index in [9.17, 15) is 19.2 Å². The van der Waals surface area contributed by atoms with Crippen molar-refractivity contribution in [1.82, 2.24) is 10.6 Å². The minimum atomic E-state index is -0.779. The first kappa shape index (κ1) is 29.7. The number of carbonyl (C=O) groups excluding carboxylic acids is 4. The monoisotopic (exact) mass is 498 g/mol. The maximum absolute atomic E-state index is 12.7. The van der Waals surface area contributed by atoms with Crippen LogP contribution in [0.2, 0.25) is 0 Å². The number of amides is 2. The van der Waals surface area contributed by atoms with Crippen LogP contribution in [0, 0.1) is 11.8 Å². The van der Waals surface area contributed by atoms with Gasteiger partial charge in [0.25, 0.3) is 0 Å². The number of hydrogen-bond acceptors (Lipinski definition) is 8. The van der Waals surface area contributed by atoms with E-state index in [0.717, 1.165) is 0 Å². The molecule has 5 atom stereocenters. The first-order valence-corrected chi connectivity index (χ1v) is 12.8. The minimum Gasteiger partial charge on any atom is -0.464 e. The van der Waals surface area contributed by atoms with Crippen molar-refractivity contribution < 1.29 is 33.4 Å². The van der Waals surface area contributed by atoms with Crippen molar-refractivity contribution in [3.05, 3.63) is 24.3 Å². The smallest absolute Gasteiger partial charge is 0.328 e. The van der Waals surface area contributed by atoms with Gasteiger partial charge in [0.1, 0.15) is 18.7 Å². The lowest BCUT2D eigenvalue weighted by atomic mass is 10.0. The van der Waals surface area contributed by atoms with E-state index in [2.05, 4.69) is 10.6 Å². The second-order valence-electron chi connectivity index (χ2n) is 8.33. The van der Waals surface area contributed by atoms with Crippen LogP contribution in [-0.4, -0.2) is 74.3 Å². The Labute approximate surface area is 206 Å². The van der Waals surface area contributed by atoms with Crippen LogP contribution in [0.25, 0.3) is 0 Å². The fraction of sp³-hybridized carbons (Fsp3) is 0.667. The normalized spacial score (nSPS) is 28.8. The molecule has 0 aromatic carbocycles. The lowest BCUT2D eigenvalue weighted by molar-refractivity contribution is -0.152. The van der Waals surface area contributed by atoms with E-state index in [1.807, 2.05) is 20.1 Å². The van der Waals surface area contributed by atoms with Crippen LogP contribution in [0.15, 0.2) is 24.3 Å². The third-order valence-corrected chi connectivity index (χ3v) is 5.88. The highest BCUT2D eigenvalue weighted by Crippen LogP contribution is 2.12. The van der Waals surface area contributed by atoms with E-state index in [1.165, 1.54) is 7.11 Å². The van der Waals surface area contributed by atoms with Gasteiger partial charge in [0.2, 0.25) is 11.8 Å². The Balaban J connectivity index is 2.97. The summed E-state index contributed by atoms with van der Waals surface area (Å²) in [4.78, 5) is 49.4. The van der Waals surface area contributed by atoms with Gasteiger partial charge < -0.3 is 24.8 Å². The Morgan fingerprint density at radius 1 is 0.941 bits per heavy atom. The number of nitrogens with one attached hydrogen (secondary N) is 2. The minimum absolute atomic E-state index is 0.0129.